The number of methoxy groups -OCH3 is 1. The Balaban J connectivity index is 2.49. The minimum absolute atomic E-state index is 0.00190. The van der Waals surface area contributed by atoms with E-state index >= 15 is 0 Å². The molecule has 0 bridgehead atoms. The van der Waals surface area contributed by atoms with Gasteiger partial charge in [0, 0.05) is 20.2 Å². The Morgan fingerprint density at radius 3 is 2.69 bits per heavy atom. The fourth-order valence-corrected chi connectivity index (χ4v) is 1.46. The van der Waals surface area contributed by atoms with E-state index in [1.807, 2.05) is 24.3 Å². The molecule has 1 aromatic carbocycles. The molecule has 4 heteroatoms. The third-order valence-electron chi connectivity index (χ3n) is 2.32. The largest absolute Gasteiger partial charge is 0.383 e. The number of nitrogens with two attached hydrogens (primary N) is 1. The van der Waals surface area contributed by atoms with E-state index in [-0.39, 0.29) is 5.91 Å². The van der Waals surface area contributed by atoms with Gasteiger partial charge < -0.3 is 15.8 Å². The summed E-state index contributed by atoms with van der Waals surface area (Å²) in [6.45, 7) is 1.53. The summed E-state index contributed by atoms with van der Waals surface area (Å²) in [5.74, 6) is -0.00190. The van der Waals surface area contributed by atoms with Gasteiger partial charge in [-0.3, -0.25) is 4.79 Å². The molecular weight excluding hydrogens is 204 g/mol. The Hall–Kier alpha value is -1.39. The molecule has 1 aromatic rings. The number of nitrogens with one attached hydrogen (secondary N) is 1. The smallest absolute Gasteiger partial charge is 0.224 e. The fourth-order valence-electron chi connectivity index (χ4n) is 1.46. The highest BCUT2D eigenvalue weighted by atomic mass is 16.5. The van der Waals surface area contributed by atoms with E-state index in [1.54, 1.807) is 7.11 Å². The van der Waals surface area contributed by atoms with Crippen molar-refractivity contribution in [2.45, 2.75) is 13.0 Å². The molecule has 0 spiro atoms. The van der Waals surface area contributed by atoms with Crippen molar-refractivity contribution in [3.8, 4) is 0 Å². The average Bonchev–Trinajstić information content (AvgIpc) is 2.30. The van der Waals surface area contributed by atoms with Crippen LogP contribution < -0.4 is 11.1 Å². The Labute approximate surface area is 95.8 Å². The summed E-state index contributed by atoms with van der Waals surface area (Å²) in [5.41, 5.74) is 7.60. The van der Waals surface area contributed by atoms with Crippen LogP contribution in [0.1, 0.15) is 11.1 Å². The zero-order valence-corrected chi connectivity index (χ0v) is 9.53. The molecule has 0 aliphatic rings. The third-order valence-corrected chi connectivity index (χ3v) is 2.32. The van der Waals surface area contributed by atoms with Gasteiger partial charge >= 0.3 is 0 Å². The van der Waals surface area contributed by atoms with Gasteiger partial charge in [0.1, 0.15) is 0 Å². The second-order valence-corrected chi connectivity index (χ2v) is 3.49. The van der Waals surface area contributed by atoms with E-state index in [0.29, 0.717) is 26.1 Å². The third kappa shape index (κ3) is 4.00. The summed E-state index contributed by atoms with van der Waals surface area (Å²) in [4.78, 5) is 11.5. The van der Waals surface area contributed by atoms with E-state index < -0.39 is 0 Å². The van der Waals surface area contributed by atoms with Gasteiger partial charge in [-0.05, 0) is 11.1 Å². The van der Waals surface area contributed by atoms with Crippen LogP contribution >= 0.6 is 0 Å². The lowest BCUT2D eigenvalue weighted by Crippen LogP contribution is -2.28. The quantitative estimate of drug-likeness (QED) is 0.687. The number of rotatable bonds is 6. The molecule has 4 nitrogen and oxygen atoms in total. The van der Waals surface area contributed by atoms with Crippen molar-refractivity contribution >= 4 is 5.91 Å². The maximum absolute atomic E-state index is 11.5. The first kappa shape index (κ1) is 12.7. The molecular formula is C12H18N2O2. The zero-order chi connectivity index (χ0) is 11.8. The van der Waals surface area contributed by atoms with Crippen molar-refractivity contribution in [1.82, 2.24) is 5.32 Å². The van der Waals surface area contributed by atoms with Crippen LogP contribution in [0.5, 0.6) is 0 Å². The number of carbonyl (C=O) groups excluding carboxylic acids is 1. The molecule has 0 aliphatic carbocycles. The number of carbonyl (C=O) groups is 1. The van der Waals surface area contributed by atoms with Crippen molar-refractivity contribution in [3.63, 3.8) is 0 Å². The standard InChI is InChI=1S/C12H18N2O2/c1-16-7-6-14-12(15)8-10-4-2-3-5-11(10)9-13/h2-5H,6-9,13H2,1H3,(H,14,15). The summed E-state index contributed by atoms with van der Waals surface area (Å²) in [6, 6.07) is 7.71. The zero-order valence-electron chi connectivity index (χ0n) is 9.53. The lowest BCUT2D eigenvalue weighted by atomic mass is 10.0. The SMILES string of the molecule is COCCNC(=O)Cc1ccccc1CN. The van der Waals surface area contributed by atoms with Crippen LogP contribution in [-0.4, -0.2) is 26.2 Å². The number of ether oxygens (including phenoxy) is 1. The van der Waals surface area contributed by atoms with Gasteiger partial charge in [0.15, 0.2) is 0 Å². The van der Waals surface area contributed by atoms with Gasteiger partial charge in [-0.2, -0.15) is 0 Å². The van der Waals surface area contributed by atoms with Gasteiger partial charge in [0.05, 0.1) is 13.0 Å². The first-order chi connectivity index (χ1) is 7.77. The summed E-state index contributed by atoms with van der Waals surface area (Å²) < 4.78 is 4.85. The van der Waals surface area contributed by atoms with Gasteiger partial charge in [-0.25, -0.2) is 0 Å². The first-order valence-electron chi connectivity index (χ1n) is 5.30. The molecule has 0 unspecified atom stereocenters. The van der Waals surface area contributed by atoms with E-state index in [0.717, 1.165) is 11.1 Å². The highest BCUT2D eigenvalue weighted by Gasteiger charge is 2.05. The molecule has 0 atom stereocenters. The van der Waals surface area contributed by atoms with E-state index in [1.165, 1.54) is 0 Å². The second kappa shape index (κ2) is 6.98. The maximum Gasteiger partial charge on any atom is 0.224 e. The van der Waals surface area contributed by atoms with Crippen molar-refractivity contribution < 1.29 is 9.53 Å². The molecule has 0 heterocycles. The summed E-state index contributed by atoms with van der Waals surface area (Å²) in [6.07, 6.45) is 0.372. The fraction of sp³-hybridized carbons (Fsp3) is 0.417. The first-order valence-corrected chi connectivity index (χ1v) is 5.30. The highest BCUT2D eigenvalue weighted by molar-refractivity contribution is 5.78. The van der Waals surface area contributed by atoms with E-state index in [2.05, 4.69) is 5.32 Å². The van der Waals surface area contributed by atoms with Gasteiger partial charge in [-0.1, -0.05) is 24.3 Å². The van der Waals surface area contributed by atoms with E-state index in [4.69, 9.17) is 10.5 Å². The van der Waals surface area contributed by atoms with E-state index in [9.17, 15) is 4.79 Å². The Morgan fingerprint density at radius 2 is 2.06 bits per heavy atom. The monoisotopic (exact) mass is 222 g/mol. The highest BCUT2D eigenvalue weighted by Crippen LogP contribution is 2.08. The van der Waals surface area contributed by atoms with Crippen LogP contribution in [0.2, 0.25) is 0 Å². The van der Waals surface area contributed by atoms with Crippen LogP contribution in [0.25, 0.3) is 0 Å². The average molecular weight is 222 g/mol. The molecule has 0 aliphatic heterocycles. The lowest BCUT2D eigenvalue weighted by Gasteiger charge is -2.08. The molecule has 0 radical (unpaired) electrons. The number of hydrogen-bond acceptors (Lipinski definition) is 3. The number of hydrogen-bond donors (Lipinski definition) is 2. The molecule has 1 amide bonds. The molecule has 3 N–H and O–H groups in total. The van der Waals surface area contributed by atoms with Crippen LogP contribution in [0.3, 0.4) is 0 Å². The van der Waals surface area contributed by atoms with Crippen LogP contribution in [0, 0.1) is 0 Å². The molecule has 88 valence electrons. The minimum atomic E-state index is -0.00190. The number of amides is 1. The van der Waals surface area contributed by atoms with Crippen molar-refractivity contribution in [1.29, 1.82) is 0 Å². The van der Waals surface area contributed by atoms with Crippen LogP contribution in [0.15, 0.2) is 24.3 Å². The van der Waals surface area contributed by atoms with Gasteiger partial charge in [0.25, 0.3) is 0 Å². The molecule has 0 aromatic heterocycles. The Morgan fingerprint density at radius 1 is 1.38 bits per heavy atom. The molecule has 0 saturated heterocycles. The predicted octanol–water partition coefficient (Wildman–Crippen LogP) is 0.450. The molecule has 1 rings (SSSR count). The van der Waals surface area contributed by atoms with Crippen LogP contribution in [-0.2, 0) is 22.5 Å². The van der Waals surface area contributed by atoms with Crippen molar-refractivity contribution in [2.75, 3.05) is 20.3 Å². The molecule has 0 fully saturated rings. The van der Waals surface area contributed by atoms with Crippen molar-refractivity contribution in [2.24, 2.45) is 5.73 Å². The minimum Gasteiger partial charge on any atom is -0.383 e. The summed E-state index contributed by atoms with van der Waals surface area (Å²) in [7, 11) is 1.61. The summed E-state index contributed by atoms with van der Waals surface area (Å²) >= 11 is 0. The van der Waals surface area contributed by atoms with Gasteiger partial charge in [-0.15, -0.1) is 0 Å². The van der Waals surface area contributed by atoms with Gasteiger partial charge in [0.2, 0.25) is 5.91 Å². The number of benzene rings is 1. The van der Waals surface area contributed by atoms with Crippen molar-refractivity contribution in [3.05, 3.63) is 35.4 Å². The maximum atomic E-state index is 11.5. The topological polar surface area (TPSA) is 64.3 Å². The predicted molar refractivity (Wildman–Crippen MR) is 62.9 cm³/mol. The summed E-state index contributed by atoms with van der Waals surface area (Å²) in [5, 5.41) is 2.78. The lowest BCUT2D eigenvalue weighted by molar-refractivity contribution is -0.120. The Kier molecular flexibility index (Phi) is 5.53. The molecule has 0 saturated carbocycles. The second-order valence-electron chi connectivity index (χ2n) is 3.49. The normalized spacial score (nSPS) is 10.1. The Bertz CT molecular complexity index is 340. The van der Waals surface area contributed by atoms with Crippen LogP contribution in [0.4, 0.5) is 0 Å². The molecule has 16 heavy (non-hydrogen) atoms.